The molecule has 0 fully saturated rings. The average molecular weight is 358 g/mol. The Kier molecular flexibility index (Phi) is 4.29. The number of benzene rings is 2. The topological polar surface area (TPSA) is 42.2 Å². The average Bonchev–Trinajstić information content (AvgIpc) is 2.88. The second-order valence-electron chi connectivity index (χ2n) is 5.30. The Labute approximate surface area is 137 Å². The third kappa shape index (κ3) is 3.39. The summed E-state index contributed by atoms with van der Waals surface area (Å²) in [6.45, 7) is 1.99. The molecule has 3 rings (SSSR count). The van der Waals surface area contributed by atoms with Gasteiger partial charge >= 0.3 is 0 Å². The van der Waals surface area contributed by atoms with Crippen LogP contribution in [0.2, 0.25) is 0 Å². The SMILES string of the molecule is Cc1coc2ccc(NC(=O)CCc3ccc(Br)cc3)cc12. The molecule has 1 heterocycles. The first-order chi connectivity index (χ1) is 10.6. The van der Waals surface area contributed by atoms with Gasteiger partial charge in [0.1, 0.15) is 5.58 Å². The minimum absolute atomic E-state index is 0.0171. The molecule has 1 aromatic heterocycles. The van der Waals surface area contributed by atoms with Crippen molar-refractivity contribution in [3.63, 3.8) is 0 Å². The number of carbonyl (C=O) groups excluding carboxylic acids is 1. The molecule has 0 saturated carbocycles. The van der Waals surface area contributed by atoms with Crippen molar-refractivity contribution in [1.82, 2.24) is 0 Å². The summed E-state index contributed by atoms with van der Waals surface area (Å²) < 4.78 is 6.45. The second kappa shape index (κ2) is 6.36. The molecule has 0 aliphatic heterocycles. The molecule has 0 unspecified atom stereocenters. The van der Waals surface area contributed by atoms with Crippen LogP contribution in [0, 0.1) is 6.92 Å². The Morgan fingerprint density at radius 1 is 1.18 bits per heavy atom. The van der Waals surface area contributed by atoms with E-state index in [0.29, 0.717) is 6.42 Å². The maximum atomic E-state index is 12.1. The van der Waals surface area contributed by atoms with E-state index in [2.05, 4.69) is 21.2 Å². The van der Waals surface area contributed by atoms with E-state index in [1.54, 1.807) is 6.26 Å². The van der Waals surface area contributed by atoms with Crippen LogP contribution >= 0.6 is 15.9 Å². The maximum Gasteiger partial charge on any atom is 0.224 e. The van der Waals surface area contributed by atoms with E-state index in [4.69, 9.17) is 4.42 Å². The fraction of sp³-hybridized carbons (Fsp3) is 0.167. The van der Waals surface area contributed by atoms with E-state index in [1.807, 2.05) is 49.4 Å². The third-order valence-electron chi connectivity index (χ3n) is 3.60. The van der Waals surface area contributed by atoms with Gasteiger partial charge in [0.2, 0.25) is 5.91 Å². The van der Waals surface area contributed by atoms with Gasteiger partial charge in [-0.3, -0.25) is 4.79 Å². The lowest BCUT2D eigenvalue weighted by Crippen LogP contribution is -2.12. The molecule has 0 saturated heterocycles. The molecule has 0 radical (unpaired) electrons. The van der Waals surface area contributed by atoms with Gasteiger partial charge in [-0.1, -0.05) is 28.1 Å². The second-order valence-corrected chi connectivity index (χ2v) is 6.22. The van der Waals surface area contributed by atoms with Crippen molar-refractivity contribution < 1.29 is 9.21 Å². The van der Waals surface area contributed by atoms with Crippen LogP contribution in [0.3, 0.4) is 0 Å². The number of nitrogens with one attached hydrogen (secondary N) is 1. The lowest BCUT2D eigenvalue weighted by Gasteiger charge is -2.06. The summed E-state index contributed by atoms with van der Waals surface area (Å²) in [6.07, 6.45) is 2.92. The number of rotatable bonds is 4. The van der Waals surface area contributed by atoms with E-state index in [0.717, 1.165) is 38.7 Å². The highest BCUT2D eigenvalue weighted by atomic mass is 79.9. The number of amides is 1. The van der Waals surface area contributed by atoms with Crippen LogP contribution in [0.5, 0.6) is 0 Å². The van der Waals surface area contributed by atoms with Crippen molar-refractivity contribution in [1.29, 1.82) is 0 Å². The highest BCUT2D eigenvalue weighted by Gasteiger charge is 2.06. The molecule has 1 N–H and O–H groups in total. The fourth-order valence-electron chi connectivity index (χ4n) is 2.37. The fourth-order valence-corrected chi connectivity index (χ4v) is 2.63. The van der Waals surface area contributed by atoms with Gasteiger partial charge < -0.3 is 9.73 Å². The standard InChI is InChI=1S/C18H16BrNO2/c1-12-11-22-17-8-7-15(10-16(12)17)20-18(21)9-4-13-2-5-14(19)6-3-13/h2-3,5-8,10-11H,4,9H2,1H3,(H,20,21). The Hall–Kier alpha value is -2.07. The molecule has 0 aliphatic rings. The van der Waals surface area contributed by atoms with Gasteiger partial charge in [0.25, 0.3) is 0 Å². The summed E-state index contributed by atoms with van der Waals surface area (Å²) in [6, 6.07) is 13.7. The highest BCUT2D eigenvalue weighted by molar-refractivity contribution is 9.10. The van der Waals surface area contributed by atoms with E-state index in [-0.39, 0.29) is 5.91 Å². The van der Waals surface area contributed by atoms with Gasteiger partial charge in [0.05, 0.1) is 6.26 Å². The van der Waals surface area contributed by atoms with Gasteiger partial charge in [-0.15, -0.1) is 0 Å². The van der Waals surface area contributed by atoms with Crippen molar-refractivity contribution in [2.45, 2.75) is 19.8 Å². The molecule has 0 aliphatic carbocycles. The molecule has 3 aromatic rings. The van der Waals surface area contributed by atoms with Crippen LogP contribution in [0.25, 0.3) is 11.0 Å². The molecule has 3 nitrogen and oxygen atoms in total. The lowest BCUT2D eigenvalue weighted by atomic mass is 10.1. The van der Waals surface area contributed by atoms with Gasteiger partial charge in [-0.2, -0.15) is 0 Å². The minimum atomic E-state index is 0.0171. The van der Waals surface area contributed by atoms with Crippen LogP contribution in [0.4, 0.5) is 5.69 Å². The highest BCUT2D eigenvalue weighted by Crippen LogP contribution is 2.24. The zero-order valence-corrected chi connectivity index (χ0v) is 13.8. The molecular weight excluding hydrogens is 342 g/mol. The predicted molar refractivity (Wildman–Crippen MR) is 92.0 cm³/mol. The van der Waals surface area contributed by atoms with Gasteiger partial charge in [0, 0.05) is 22.0 Å². The normalized spacial score (nSPS) is 10.8. The molecular formula is C18H16BrNO2. The van der Waals surface area contributed by atoms with Crippen LogP contribution in [-0.4, -0.2) is 5.91 Å². The molecule has 0 bridgehead atoms. The van der Waals surface area contributed by atoms with Crippen molar-refractivity contribution in [2.24, 2.45) is 0 Å². The molecule has 0 spiro atoms. The largest absolute Gasteiger partial charge is 0.464 e. The van der Waals surface area contributed by atoms with Crippen LogP contribution in [-0.2, 0) is 11.2 Å². The Morgan fingerprint density at radius 3 is 2.73 bits per heavy atom. The van der Waals surface area contributed by atoms with Gasteiger partial charge in [-0.25, -0.2) is 0 Å². The smallest absolute Gasteiger partial charge is 0.224 e. The Bertz CT molecular complexity index is 806. The number of hydrogen-bond donors (Lipinski definition) is 1. The summed E-state index contributed by atoms with van der Waals surface area (Å²) in [7, 11) is 0. The lowest BCUT2D eigenvalue weighted by molar-refractivity contribution is -0.116. The first-order valence-corrected chi connectivity index (χ1v) is 7.93. The van der Waals surface area contributed by atoms with Crippen molar-refractivity contribution in [2.75, 3.05) is 5.32 Å². The number of fused-ring (bicyclic) bond motifs is 1. The van der Waals surface area contributed by atoms with Crippen molar-refractivity contribution >= 4 is 38.5 Å². The number of hydrogen-bond acceptors (Lipinski definition) is 2. The summed E-state index contributed by atoms with van der Waals surface area (Å²) in [5.74, 6) is 0.0171. The summed E-state index contributed by atoms with van der Waals surface area (Å²) in [5.41, 5.74) is 3.86. The third-order valence-corrected chi connectivity index (χ3v) is 4.13. The number of aryl methyl sites for hydroxylation is 2. The molecule has 0 atom stereocenters. The summed E-state index contributed by atoms with van der Waals surface area (Å²) >= 11 is 3.40. The maximum absolute atomic E-state index is 12.1. The Morgan fingerprint density at radius 2 is 1.95 bits per heavy atom. The minimum Gasteiger partial charge on any atom is -0.464 e. The summed E-state index contributed by atoms with van der Waals surface area (Å²) in [4.78, 5) is 12.1. The number of anilines is 1. The number of furan rings is 1. The summed E-state index contributed by atoms with van der Waals surface area (Å²) in [5, 5.41) is 3.98. The quantitative estimate of drug-likeness (QED) is 0.707. The van der Waals surface area contributed by atoms with E-state index in [9.17, 15) is 4.79 Å². The zero-order chi connectivity index (χ0) is 15.5. The van der Waals surface area contributed by atoms with Crippen LogP contribution < -0.4 is 5.32 Å². The molecule has 2 aromatic carbocycles. The molecule has 1 amide bonds. The van der Waals surface area contributed by atoms with Crippen molar-refractivity contribution in [3.8, 4) is 0 Å². The van der Waals surface area contributed by atoms with E-state index in [1.165, 1.54) is 0 Å². The van der Waals surface area contributed by atoms with Gasteiger partial charge in [-0.05, 0) is 54.8 Å². The first-order valence-electron chi connectivity index (χ1n) is 7.14. The Balaban J connectivity index is 1.62. The van der Waals surface area contributed by atoms with Gasteiger partial charge in [0.15, 0.2) is 0 Å². The molecule has 4 heteroatoms. The van der Waals surface area contributed by atoms with Crippen LogP contribution in [0.15, 0.2) is 57.6 Å². The number of halogens is 1. The predicted octanol–water partition coefficient (Wildman–Crippen LogP) is 5.08. The molecule has 112 valence electrons. The van der Waals surface area contributed by atoms with Crippen molar-refractivity contribution in [3.05, 3.63) is 64.3 Å². The number of carbonyl (C=O) groups is 1. The van der Waals surface area contributed by atoms with Crippen LogP contribution in [0.1, 0.15) is 17.5 Å². The molecule has 22 heavy (non-hydrogen) atoms. The first kappa shape index (κ1) is 14.9. The van der Waals surface area contributed by atoms with E-state index < -0.39 is 0 Å². The zero-order valence-electron chi connectivity index (χ0n) is 12.2. The van der Waals surface area contributed by atoms with E-state index >= 15 is 0 Å². The monoisotopic (exact) mass is 357 g/mol.